The quantitative estimate of drug-likeness (QED) is 0.652. The van der Waals surface area contributed by atoms with Gasteiger partial charge in [-0.3, -0.25) is 0 Å². The van der Waals surface area contributed by atoms with Crippen LogP contribution in [0.3, 0.4) is 0 Å². The molecule has 23 heavy (non-hydrogen) atoms. The molecule has 3 aromatic rings. The topological polar surface area (TPSA) is 27.1 Å². The Kier molecular flexibility index (Phi) is 3.45. The summed E-state index contributed by atoms with van der Waals surface area (Å²) in [6, 6.07) is 10.6. The van der Waals surface area contributed by atoms with Crippen molar-refractivity contribution in [3.63, 3.8) is 0 Å². The summed E-state index contributed by atoms with van der Waals surface area (Å²) in [5.41, 5.74) is 5.24. The van der Waals surface area contributed by atoms with Crippen molar-refractivity contribution in [1.82, 2.24) is 9.55 Å². The summed E-state index contributed by atoms with van der Waals surface area (Å²) >= 11 is 3.56. The fourth-order valence-corrected chi connectivity index (χ4v) is 3.58. The number of aromatic nitrogens is 2. The van der Waals surface area contributed by atoms with Crippen LogP contribution >= 0.6 is 15.9 Å². The zero-order valence-corrected chi connectivity index (χ0v) is 14.1. The second-order valence-electron chi connectivity index (χ2n) is 5.54. The minimum Gasteiger partial charge on any atom is -0.496 e. The van der Waals surface area contributed by atoms with E-state index >= 15 is 0 Å². The molecule has 0 N–H and O–H groups in total. The molecule has 3 nitrogen and oxygen atoms in total. The predicted octanol–water partition coefficient (Wildman–Crippen LogP) is 4.68. The Bertz CT molecular complexity index is 887. The Hall–Kier alpha value is -2.14. The van der Waals surface area contributed by atoms with Crippen LogP contribution in [-0.4, -0.2) is 16.7 Å². The van der Waals surface area contributed by atoms with Gasteiger partial charge in [0.15, 0.2) is 0 Å². The van der Waals surface area contributed by atoms with Gasteiger partial charge < -0.3 is 9.30 Å². The lowest BCUT2D eigenvalue weighted by molar-refractivity contribution is 0.411. The second kappa shape index (κ2) is 5.49. The number of fused-ring (bicyclic) bond motifs is 3. The van der Waals surface area contributed by atoms with E-state index in [0.29, 0.717) is 0 Å². The third-order valence-corrected chi connectivity index (χ3v) is 4.83. The van der Waals surface area contributed by atoms with E-state index in [1.807, 2.05) is 6.33 Å². The maximum absolute atomic E-state index is 13.2. The number of imidazole rings is 1. The van der Waals surface area contributed by atoms with Gasteiger partial charge in [0.2, 0.25) is 0 Å². The highest BCUT2D eigenvalue weighted by Gasteiger charge is 2.23. The smallest absolute Gasteiger partial charge is 0.133 e. The van der Waals surface area contributed by atoms with Gasteiger partial charge >= 0.3 is 0 Å². The lowest BCUT2D eigenvalue weighted by Gasteiger charge is -2.21. The fourth-order valence-electron chi connectivity index (χ4n) is 3.07. The average Bonchev–Trinajstić information content (AvgIpc) is 2.99. The summed E-state index contributed by atoms with van der Waals surface area (Å²) < 4.78 is 21.7. The van der Waals surface area contributed by atoms with Gasteiger partial charge in [-0.15, -0.1) is 0 Å². The lowest BCUT2D eigenvalue weighted by Crippen LogP contribution is -2.10. The van der Waals surface area contributed by atoms with Crippen LogP contribution in [0.2, 0.25) is 0 Å². The summed E-state index contributed by atoms with van der Waals surface area (Å²) in [7, 11) is 1.67. The van der Waals surface area contributed by atoms with E-state index in [1.54, 1.807) is 19.2 Å². The molecule has 1 aromatic heterocycles. The molecule has 0 fully saturated rings. The molecule has 0 unspecified atom stereocenters. The largest absolute Gasteiger partial charge is 0.496 e. The van der Waals surface area contributed by atoms with Crippen molar-refractivity contribution in [2.75, 3.05) is 7.11 Å². The van der Waals surface area contributed by atoms with Gasteiger partial charge in [0, 0.05) is 17.7 Å². The number of ether oxygens (including phenoxy) is 1. The third kappa shape index (κ3) is 2.36. The zero-order chi connectivity index (χ0) is 16.0. The first kappa shape index (κ1) is 14.5. The maximum atomic E-state index is 13.2. The Morgan fingerprint density at radius 2 is 2.00 bits per heavy atom. The van der Waals surface area contributed by atoms with Crippen LogP contribution < -0.4 is 4.74 Å². The van der Waals surface area contributed by atoms with Crippen LogP contribution in [0.4, 0.5) is 4.39 Å². The fraction of sp³-hybridized carbons (Fsp3) is 0.167. The van der Waals surface area contributed by atoms with E-state index in [-0.39, 0.29) is 5.82 Å². The van der Waals surface area contributed by atoms with E-state index in [9.17, 15) is 4.39 Å². The molecule has 116 valence electrons. The van der Waals surface area contributed by atoms with Crippen molar-refractivity contribution in [2.45, 2.75) is 13.0 Å². The molecule has 4 rings (SSSR count). The molecule has 1 aliphatic heterocycles. The van der Waals surface area contributed by atoms with Gasteiger partial charge in [-0.1, -0.05) is 0 Å². The summed E-state index contributed by atoms with van der Waals surface area (Å²) in [6.45, 7) is 0.876. The number of rotatable bonds is 2. The standard InChI is InChI=1S/C18H14BrFN2O/c1-23-16-8-12-6-7-22-10-21-17(11-2-4-13(20)5-3-11)18(22)14(12)9-15(16)19/h2-5,8-10H,6-7H2,1H3. The molecule has 1 aliphatic rings. The summed E-state index contributed by atoms with van der Waals surface area (Å²) in [5, 5.41) is 0. The van der Waals surface area contributed by atoms with Crippen molar-refractivity contribution >= 4 is 15.9 Å². The Morgan fingerprint density at radius 1 is 1.22 bits per heavy atom. The average molecular weight is 373 g/mol. The summed E-state index contributed by atoms with van der Waals surface area (Å²) in [6.07, 6.45) is 2.79. The molecular formula is C18H14BrFN2O. The number of hydrogen-bond donors (Lipinski definition) is 0. The highest BCUT2D eigenvalue weighted by molar-refractivity contribution is 9.10. The van der Waals surface area contributed by atoms with E-state index < -0.39 is 0 Å². The van der Waals surface area contributed by atoms with Crippen LogP contribution in [0.15, 0.2) is 47.2 Å². The zero-order valence-electron chi connectivity index (χ0n) is 12.5. The second-order valence-corrected chi connectivity index (χ2v) is 6.39. The molecule has 0 atom stereocenters. The molecule has 5 heteroatoms. The number of hydrogen-bond acceptors (Lipinski definition) is 2. The number of benzene rings is 2. The van der Waals surface area contributed by atoms with Crippen LogP contribution in [0.1, 0.15) is 5.56 Å². The van der Waals surface area contributed by atoms with Crippen molar-refractivity contribution in [3.8, 4) is 28.3 Å². The van der Waals surface area contributed by atoms with Crippen molar-refractivity contribution in [1.29, 1.82) is 0 Å². The molecular weight excluding hydrogens is 359 g/mol. The molecule has 0 saturated carbocycles. The van der Waals surface area contributed by atoms with Gasteiger partial charge in [-0.25, -0.2) is 9.37 Å². The minimum absolute atomic E-state index is 0.241. The monoisotopic (exact) mass is 372 g/mol. The number of aryl methyl sites for hydroxylation is 2. The third-order valence-electron chi connectivity index (χ3n) is 4.21. The van der Waals surface area contributed by atoms with Crippen molar-refractivity contribution < 1.29 is 9.13 Å². The molecule has 0 radical (unpaired) electrons. The minimum atomic E-state index is -0.241. The molecule has 2 aromatic carbocycles. The van der Waals surface area contributed by atoms with Crippen LogP contribution in [0, 0.1) is 5.82 Å². The van der Waals surface area contributed by atoms with Gasteiger partial charge in [0.1, 0.15) is 11.6 Å². The normalized spacial score (nSPS) is 12.7. The first-order valence-electron chi connectivity index (χ1n) is 7.35. The lowest BCUT2D eigenvalue weighted by atomic mass is 9.95. The molecule has 0 aliphatic carbocycles. The van der Waals surface area contributed by atoms with Gasteiger partial charge in [0.05, 0.1) is 29.3 Å². The van der Waals surface area contributed by atoms with E-state index in [4.69, 9.17) is 4.74 Å². The van der Waals surface area contributed by atoms with Crippen LogP contribution in [0.5, 0.6) is 5.75 Å². The highest BCUT2D eigenvalue weighted by atomic mass is 79.9. The highest BCUT2D eigenvalue weighted by Crippen LogP contribution is 2.40. The molecule has 0 saturated heterocycles. The van der Waals surface area contributed by atoms with E-state index in [0.717, 1.165) is 45.7 Å². The molecule has 0 spiro atoms. The van der Waals surface area contributed by atoms with Crippen LogP contribution in [-0.2, 0) is 13.0 Å². The number of methoxy groups -OCH3 is 1. The van der Waals surface area contributed by atoms with Gasteiger partial charge in [-0.05, 0) is 64.3 Å². The van der Waals surface area contributed by atoms with E-state index in [2.05, 4.69) is 37.6 Å². The Labute approximate surface area is 141 Å². The molecule has 0 bridgehead atoms. The summed E-state index contributed by atoms with van der Waals surface area (Å²) in [5.74, 6) is 0.592. The first-order chi connectivity index (χ1) is 11.2. The first-order valence-corrected chi connectivity index (χ1v) is 8.14. The SMILES string of the molecule is COc1cc2c(cc1Br)-c1c(-c3ccc(F)cc3)ncn1CC2. The van der Waals surface area contributed by atoms with Crippen molar-refractivity contribution in [3.05, 3.63) is 58.6 Å². The van der Waals surface area contributed by atoms with Gasteiger partial charge in [-0.2, -0.15) is 0 Å². The van der Waals surface area contributed by atoms with E-state index in [1.165, 1.54) is 17.7 Å². The molecule has 0 amide bonds. The van der Waals surface area contributed by atoms with Crippen LogP contribution in [0.25, 0.3) is 22.5 Å². The Balaban J connectivity index is 1.91. The van der Waals surface area contributed by atoms with Crippen molar-refractivity contribution in [2.24, 2.45) is 0 Å². The number of nitrogens with zero attached hydrogens (tertiary/aromatic N) is 2. The Morgan fingerprint density at radius 3 is 2.74 bits per heavy atom. The number of halogens is 2. The summed E-state index contributed by atoms with van der Waals surface area (Å²) in [4.78, 5) is 4.56. The molecule has 2 heterocycles. The maximum Gasteiger partial charge on any atom is 0.133 e. The van der Waals surface area contributed by atoms with Gasteiger partial charge in [0.25, 0.3) is 0 Å². The predicted molar refractivity (Wildman–Crippen MR) is 91.0 cm³/mol.